The first-order chi connectivity index (χ1) is 12.1. The predicted octanol–water partition coefficient (Wildman–Crippen LogP) is 2.84. The van der Waals surface area contributed by atoms with Gasteiger partial charge >= 0.3 is 0 Å². The van der Waals surface area contributed by atoms with Crippen LogP contribution in [0.15, 0.2) is 24.3 Å². The molecule has 0 radical (unpaired) electrons. The third-order valence-electron chi connectivity index (χ3n) is 5.26. The molecule has 25 heavy (non-hydrogen) atoms. The smallest absolute Gasteiger partial charge is 0.251 e. The molecule has 0 atom stereocenters. The predicted molar refractivity (Wildman–Crippen MR) is 106 cm³/mol. The summed E-state index contributed by atoms with van der Waals surface area (Å²) in [5.74, 6) is 2.70. The molecule has 138 valence electrons. The lowest BCUT2D eigenvalue weighted by Crippen LogP contribution is -2.48. The van der Waals surface area contributed by atoms with E-state index >= 15 is 0 Å². The quantitative estimate of drug-likeness (QED) is 0.875. The average Bonchev–Trinajstić information content (AvgIpc) is 2.63. The first kappa shape index (κ1) is 18.7. The molecule has 2 heterocycles. The molecule has 5 heteroatoms. The van der Waals surface area contributed by atoms with Crippen molar-refractivity contribution in [3.05, 3.63) is 35.4 Å². The second-order valence-electron chi connectivity index (χ2n) is 7.57. The van der Waals surface area contributed by atoms with Crippen LogP contribution in [0.1, 0.15) is 41.6 Å². The third-order valence-corrected chi connectivity index (χ3v) is 6.31. The van der Waals surface area contributed by atoms with Gasteiger partial charge in [0.1, 0.15) is 0 Å². The summed E-state index contributed by atoms with van der Waals surface area (Å²) in [6, 6.07) is 9.10. The van der Waals surface area contributed by atoms with Gasteiger partial charge in [-0.15, -0.1) is 0 Å². The lowest BCUT2D eigenvalue weighted by molar-refractivity contribution is 0.0886. The van der Waals surface area contributed by atoms with Gasteiger partial charge in [0.25, 0.3) is 5.91 Å². The minimum atomic E-state index is 0.0770. The molecule has 4 nitrogen and oxygen atoms in total. The van der Waals surface area contributed by atoms with E-state index in [1.54, 1.807) is 0 Å². The minimum Gasteiger partial charge on any atom is -0.349 e. The molecule has 0 aliphatic carbocycles. The first-order valence-corrected chi connectivity index (χ1v) is 10.6. The maximum atomic E-state index is 12.6. The van der Waals surface area contributed by atoms with E-state index in [2.05, 4.69) is 32.9 Å². The van der Waals surface area contributed by atoms with Gasteiger partial charge in [0.2, 0.25) is 0 Å². The fraction of sp³-hybridized carbons (Fsp3) is 0.650. The van der Waals surface area contributed by atoms with E-state index in [1.807, 2.05) is 32.3 Å². The number of amides is 1. The normalized spacial score (nSPS) is 20.8. The molecule has 3 rings (SSSR count). The highest BCUT2D eigenvalue weighted by molar-refractivity contribution is 7.99. The average molecular weight is 362 g/mol. The van der Waals surface area contributed by atoms with Crippen molar-refractivity contribution in [3.8, 4) is 0 Å². The Labute approximate surface area is 156 Å². The van der Waals surface area contributed by atoms with E-state index in [0.29, 0.717) is 6.04 Å². The van der Waals surface area contributed by atoms with Crippen molar-refractivity contribution in [1.29, 1.82) is 0 Å². The van der Waals surface area contributed by atoms with Gasteiger partial charge < -0.3 is 15.1 Å². The number of thioether (sulfide) groups is 1. The molecule has 0 aromatic heterocycles. The fourth-order valence-corrected chi connectivity index (χ4v) is 4.99. The summed E-state index contributed by atoms with van der Waals surface area (Å²) in [6.07, 6.45) is 4.82. The van der Waals surface area contributed by atoms with Crippen molar-refractivity contribution in [2.75, 3.05) is 38.7 Å². The molecular weight excluding hydrogens is 330 g/mol. The zero-order chi connectivity index (χ0) is 17.6. The summed E-state index contributed by atoms with van der Waals surface area (Å²) < 4.78 is 0. The zero-order valence-corrected chi connectivity index (χ0v) is 16.4. The Hall–Kier alpha value is -1.04. The van der Waals surface area contributed by atoms with Gasteiger partial charge in [-0.05, 0) is 69.0 Å². The SMILES string of the molecule is CN(C)Cc1cccc(C(=O)NC2CCN(C3CCSCC3)CC2)c1. The molecule has 0 saturated carbocycles. The number of hydrogen-bond donors (Lipinski definition) is 1. The van der Waals surface area contributed by atoms with Crippen LogP contribution in [0.4, 0.5) is 0 Å². The molecule has 2 aliphatic rings. The van der Waals surface area contributed by atoms with E-state index in [0.717, 1.165) is 44.1 Å². The number of rotatable bonds is 5. The Morgan fingerprint density at radius 1 is 1.20 bits per heavy atom. The molecule has 0 spiro atoms. The molecule has 2 fully saturated rings. The van der Waals surface area contributed by atoms with Crippen LogP contribution in [0, 0.1) is 0 Å². The first-order valence-electron chi connectivity index (χ1n) is 9.48. The largest absolute Gasteiger partial charge is 0.349 e. The van der Waals surface area contributed by atoms with Crippen molar-refractivity contribution >= 4 is 17.7 Å². The number of likely N-dealkylation sites (tertiary alicyclic amines) is 1. The van der Waals surface area contributed by atoms with E-state index < -0.39 is 0 Å². The van der Waals surface area contributed by atoms with Crippen molar-refractivity contribution in [2.45, 2.75) is 44.3 Å². The molecule has 2 saturated heterocycles. The van der Waals surface area contributed by atoms with Crippen LogP contribution in [0.3, 0.4) is 0 Å². The van der Waals surface area contributed by atoms with Gasteiger partial charge in [-0.2, -0.15) is 11.8 Å². The molecular formula is C20H31N3OS. The number of hydrogen-bond acceptors (Lipinski definition) is 4. The Balaban J connectivity index is 1.49. The topological polar surface area (TPSA) is 35.6 Å². The zero-order valence-electron chi connectivity index (χ0n) is 15.5. The van der Waals surface area contributed by atoms with Crippen molar-refractivity contribution in [2.24, 2.45) is 0 Å². The van der Waals surface area contributed by atoms with Gasteiger partial charge in [-0.3, -0.25) is 4.79 Å². The molecule has 1 aromatic rings. The molecule has 0 bridgehead atoms. The monoisotopic (exact) mass is 361 g/mol. The highest BCUT2D eigenvalue weighted by atomic mass is 32.2. The van der Waals surface area contributed by atoms with E-state index in [4.69, 9.17) is 0 Å². The second-order valence-corrected chi connectivity index (χ2v) is 8.79. The van der Waals surface area contributed by atoms with E-state index in [1.165, 1.54) is 29.9 Å². The molecule has 0 unspecified atom stereocenters. The molecule has 2 aliphatic heterocycles. The van der Waals surface area contributed by atoms with Crippen LogP contribution < -0.4 is 5.32 Å². The summed E-state index contributed by atoms with van der Waals surface area (Å²) >= 11 is 2.09. The lowest BCUT2D eigenvalue weighted by atomic mass is 10.00. The number of carbonyl (C=O) groups excluding carboxylic acids is 1. The minimum absolute atomic E-state index is 0.0770. The van der Waals surface area contributed by atoms with Gasteiger partial charge in [0.05, 0.1) is 0 Å². The van der Waals surface area contributed by atoms with Gasteiger partial charge in [-0.1, -0.05) is 12.1 Å². The number of nitrogens with one attached hydrogen (secondary N) is 1. The van der Waals surface area contributed by atoms with Crippen LogP contribution in [0.2, 0.25) is 0 Å². The van der Waals surface area contributed by atoms with Crippen molar-refractivity contribution in [1.82, 2.24) is 15.1 Å². The lowest BCUT2D eigenvalue weighted by Gasteiger charge is -2.39. The Morgan fingerprint density at radius 2 is 1.92 bits per heavy atom. The van der Waals surface area contributed by atoms with Crippen molar-refractivity contribution in [3.63, 3.8) is 0 Å². The van der Waals surface area contributed by atoms with Gasteiger partial charge in [-0.25, -0.2) is 0 Å². The van der Waals surface area contributed by atoms with Crippen LogP contribution in [-0.2, 0) is 6.54 Å². The molecule has 1 amide bonds. The van der Waals surface area contributed by atoms with Gasteiger partial charge in [0.15, 0.2) is 0 Å². The summed E-state index contributed by atoms with van der Waals surface area (Å²) in [6.45, 7) is 3.11. The fourth-order valence-electron chi connectivity index (χ4n) is 3.90. The van der Waals surface area contributed by atoms with Crippen molar-refractivity contribution < 1.29 is 4.79 Å². The summed E-state index contributed by atoms with van der Waals surface area (Å²) in [5, 5.41) is 3.26. The third kappa shape index (κ3) is 5.47. The number of benzene rings is 1. The molecule has 1 aromatic carbocycles. The maximum absolute atomic E-state index is 12.6. The Bertz CT molecular complexity index is 564. The van der Waals surface area contributed by atoms with E-state index in [-0.39, 0.29) is 5.91 Å². The number of nitrogens with zero attached hydrogens (tertiary/aromatic N) is 2. The summed E-state index contributed by atoms with van der Waals surface area (Å²) in [5.41, 5.74) is 1.97. The number of piperidine rings is 1. The van der Waals surface area contributed by atoms with E-state index in [9.17, 15) is 4.79 Å². The highest BCUT2D eigenvalue weighted by Gasteiger charge is 2.27. The van der Waals surface area contributed by atoms with Gasteiger partial charge in [0, 0.05) is 37.3 Å². The van der Waals surface area contributed by atoms with Crippen LogP contribution in [-0.4, -0.2) is 66.5 Å². The summed E-state index contributed by atoms with van der Waals surface area (Å²) in [7, 11) is 4.09. The molecule has 1 N–H and O–H groups in total. The summed E-state index contributed by atoms with van der Waals surface area (Å²) in [4.78, 5) is 17.4. The maximum Gasteiger partial charge on any atom is 0.251 e. The standard InChI is InChI=1S/C20H31N3OS/c1-22(2)15-16-4-3-5-17(14-16)20(24)21-18-6-10-23(11-7-18)19-8-12-25-13-9-19/h3-5,14,18-19H,6-13,15H2,1-2H3,(H,21,24). The Morgan fingerprint density at radius 3 is 2.60 bits per heavy atom. The Kier molecular flexibility index (Phi) is 6.79. The highest BCUT2D eigenvalue weighted by Crippen LogP contribution is 2.24. The van der Waals surface area contributed by atoms with Crippen LogP contribution in [0.5, 0.6) is 0 Å². The second kappa shape index (κ2) is 9.06. The van der Waals surface area contributed by atoms with Crippen LogP contribution in [0.25, 0.3) is 0 Å². The number of carbonyl (C=O) groups is 1. The van der Waals surface area contributed by atoms with Crippen LogP contribution >= 0.6 is 11.8 Å².